The van der Waals surface area contributed by atoms with Crippen LogP contribution in [0.5, 0.6) is 0 Å². The summed E-state index contributed by atoms with van der Waals surface area (Å²) in [5.74, 6) is 1.72. The predicted octanol–water partition coefficient (Wildman–Crippen LogP) is 17.9. The molecular formula is C56H108O6. The normalized spacial score (nSPS) is 13.0. The van der Waals surface area contributed by atoms with E-state index in [1.807, 2.05) is 0 Å². The minimum Gasteiger partial charge on any atom is -0.462 e. The average Bonchev–Trinajstić information content (AvgIpc) is 3.26. The molecule has 0 rings (SSSR count). The van der Waals surface area contributed by atoms with Gasteiger partial charge >= 0.3 is 17.9 Å². The van der Waals surface area contributed by atoms with Gasteiger partial charge in [-0.15, -0.1) is 0 Å². The van der Waals surface area contributed by atoms with Crippen LogP contribution in [0.4, 0.5) is 0 Å². The molecule has 0 aliphatic heterocycles. The fraction of sp³-hybridized carbons (Fsp3) is 0.946. The first-order valence-corrected chi connectivity index (χ1v) is 27.7. The summed E-state index contributed by atoms with van der Waals surface area (Å²) >= 11 is 0. The molecule has 0 aromatic carbocycles. The van der Waals surface area contributed by atoms with Gasteiger partial charge in [-0.05, 0) is 37.0 Å². The summed E-state index contributed by atoms with van der Waals surface area (Å²) in [4.78, 5) is 38.0. The number of unbranched alkanes of at least 4 members (excludes halogenated alkanes) is 30. The maximum Gasteiger partial charge on any atom is 0.306 e. The highest BCUT2D eigenvalue weighted by Gasteiger charge is 2.19. The second-order valence-electron chi connectivity index (χ2n) is 20.2. The lowest BCUT2D eigenvalue weighted by Gasteiger charge is -2.18. The molecule has 0 aliphatic carbocycles. The van der Waals surface area contributed by atoms with Crippen molar-refractivity contribution in [2.45, 2.75) is 311 Å². The smallest absolute Gasteiger partial charge is 0.306 e. The molecule has 0 fully saturated rings. The van der Waals surface area contributed by atoms with E-state index in [2.05, 4.69) is 41.5 Å². The van der Waals surface area contributed by atoms with E-state index in [1.165, 1.54) is 186 Å². The Morgan fingerprint density at radius 3 is 0.839 bits per heavy atom. The van der Waals surface area contributed by atoms with E-state index in [0.717, 1.165) is 75.5 Å². The number of hydrogen-bond acceptors (Lipinski definition) is 6. The summed E-state index contributed by atoms with van der Waals surface area (Å²) in [6.07, 6.45) is 47.9. The maximum absolute atomic E-state index is 12.8. The van der Waals surface area contributed by atoms with Gasteiger partial charge < -0.3 is 14.2 Å². The summed E-state index contributed by atoms with van der Waals surface area (Å²) in [6, 6.07) is 0. The van der Waals surface area contributed by atoms with Gasteiger partial charge in [0, 0.05) is 19.3 Å². The molecule has 6 heteroatoms. The van der Waals surface area contributed by atoms with Gasteiger partial charge in [0.1, 0.15) is 13.2 Å². The molecule has 0 aliphatic rings. The van der Waals surface area contributed by atoms with Crippen LogP contribution in [0.15, 0.2) is 0 Å². The molecular weight excluding hydrogens is 769 g/mol. The van der Waals surface area contributed by atoms with Crippen molar-refractivity contribution in [2.24, 2.45) is 17.8 Å². The molecule has 0 N–H and O–H groups in total. The van der Waals surface area contributed by atoms with E-state index in [4.69, 9.17) is 14.2 Å². The topological polar surface area (TPSA) is 78.9 Å². The van der Waals surface area contributed by atoms with Crippen molar-refractivity contribution >= 4 is 17.9 Å². The van der Waals surface area contributed by atoms with E-state index < -0.39 is 6.10 Å². The lowest BCUT2D eigenvalue weighted by molar-refractivity contribution is -0.167. The highest BCUT2D eigenvalue weighted by atomic mass is 16.6. The van der Waals surface area contributed by atoms with Gasteiger partial charge in [0.2, 0.25) is 0 Å². The Morgan fingerprint density at radius 2 is 0.565 bits per heavy atom. The monoisotopic (exact) mass is 877 g/mol. The van der Waals surface area contributed by atoms with Crippen LogP contribution in [0.3, 0.4) is 0 Å². The van der Waals surface area contributed by atoms with Crippen LogP contribution >= 0.6 is 0 Å². The molecule has 0 aromatic heterocycles. The Labute approximate surface area is 387 Å². The quantitative estimate of drug-likeness (QED) is 0.0344. The molecule has 2 unspecified atom stereocenters. The van der Waals surface area contributed by atoms with E-state index in [1.54, 1.807) is 0 Å². The first-order valence-electron chi connectivity index (χ1n) is 27.7. The van der Waals surface area contributed by atoms with Crippen LogP contribution in [-0.2, 0) is 28.6 Å². The van der Waals surface area contributed by atoms with Gasteiger partial charge in [0.15, 0.2) is 6.10 Å². The van der Waals surface area contributed by atoms with Gasteiger partial charge in [-0.3, -0.25) is 14.4 Å². The number of carbonyl (C=O) groups excluding carboxylic acids is 3. The number of ether oxygens (including phenoxy) is 3. The lowest BCUT2D eigenvalue weighted by atomic mass is 9.99. The Morgan fingerprint density at radius 1 is 0.323 bits per heavy atom. The standard InChI is InChI=1S/C56H108O6/c1-7-51(5)43-37-31-25-19-13-11-9-10-12-14-21-27-33-39-45-54(57)60-48-53(62-56(59)47-41-35-29-23-17-18-24-30-36-42-50(3)4)49-61-55(58)46-40-34-28-22-16-15-20-26-32-38-44-52(6)8-2/h50-53H,7-49H2,1-6H3/t51?,52?,53-/m0/s1. The molecule has 0 aromatic rings. The van der Waals surface area contributed by atoms with Crippen LogP contribution in [0.1, 0.15) is 305 Å². The van der Waals surface area contributed by atoms with Crippen molar-refractivity contribution in [1.82, 2.24) is 0 Å². The largest absolute Gasteiger partial charge is 0.462 e. The Bertz CT molecular complexity index is 964. The number of rotatable bonds is 49. The predicted molar refractivity (Wildman–Crippen MR) is 266 cm³/mol. The molecule has 3 atom stereocenters. The van der Waals surface area contributed by atoms with Crippen LogP contribution < -0.4 is 0 Å². The molecule has 0 heterocycles. The molecule has 0 saturated heterocycles. The third kappa shape index (κ3) is 46.4. The van der Waals surface area contributed by atoms with Crippen molar-refractivity contribution in [1.29, 1.82) is 0 Å². The lowest BCUT2D eigenvalue weighted by Crippen LogP contribution is -2.30. The van der Waals surface area contributed by atoms with Gasteiger partial charge in [-0.2, -0.15) is 0 Å². The molecule has 0 saturated carbocycles. The van der Waals surface area contributed by atoms with Gasteiger partial charge in [-0.1, -0.05) is 266 Å². The highest BCUT2D eigenvalue weighted by Crippen LogP contribution is 2.19. The minimum atomic E-state index is -0.763. The molecule has 368 valence electrons. The maximum atomic E-state index is 12.8. The van der Waals surface area contributed by atoms with Gasteiger partial charge in [0.25, 0.3) is 0 Å². The van der Waals surface area contributed by atoms with Crippen molar-refractivity contribution in [2.75, 3.05) is 13.2 Å². The zero-order valence-electron chi connectivity index (χ0n) is 42.7. The van der Waals surface area contributed by atoms with E-state index in [-0.39, 0.29) is 31.1 Å². The van der Waals surface area contributed by atoms with Crippen molar-refractivity contribution in [3.63, 3.8) is 0 Å². The Hall–Kier alpha value is -1.59. The van der Waals surface area contributed by atoms with Crippen LogP contribution in [0, 0.1) is 17.8 Å². The minimum absolute atomic E-state index is 0.0644. The van der Waals surface area contributed by atoms with Crippen LogP contribution in [-0.4, -0.2) is 37.2 Å². The number of hydrogen-bond donors (Lipinski definition) is 0. The summed E-state index contributed by atoms with van der Waals surface area (Å²) in [5.41, 5.74) is 0. The molecule has 62 heavy (non-hydrogen) atoms. The number of esters is 3. The van der Waals surface area contributed by atoms with E-state index in [9.17, 15) is 14.4 Å². The second kappa shape index (κ2) is 47.4. The SMILES string of the molecule is CCC(C)CCCCCCCCCCCCCCCCC(=O)OC[C@@H](COC(=O)CCCCCCCCCCCCC(C)CC)OC(=O)CCCCCCCCCCCC(C)C. The third-order valence-corrected chi connectivity index (χ3v) is 13.4. The fourth-order valence-electron chi connectivity index (χ4n) is 8.40. The molecule has 0 bridgehead atoms. The fourth-order valence-corrected chi connectivity index (χ4v) is 8.40. The highest BCUT2D eigenvalue weighted by molar-refractivity contribution is 5.71. The van der Waals surface area contributed by atoms with Crippen LogP contribution in [0.2, 0.25) is 0 Å². The average molecular weight is 877 g/mol. The van der Waals surface area contributed by atoms with Crippen molar-refractivity contribution in [3.8, 4) is 0 Å². The second-order valence-corrected chi connectivity index (χ2v) is 20.2. The van der Waals surface area contributed by atoms with Crippen molar-refractivity contribution in [3.05, 3.63) is 0 Å². The summed E-state index contributed by atoms with van der Waals surface area (Å²) in [6.45, 7) is 13.8. The zero-order valence-corrected chi connectivity index (χ0v) is 42.7. The molecule has 0 radical (unpaired) electrons. The summed E-state index contributed by atoms with van der Waals surface area (Å²) < 4.78 is 16.9. The summed E-state index contributed by atoms with van der Waals surface area (Å²) in [7, 11) is 0. The molecule has 0 spiro atoms. The van der Waals surface area contributed by atoms with E-state index in [0.29, 0.717) is 19.3 Å². The number of carbonyl (C=O) groups is 3. The van der Waals surface area contributed by atoms with Gasteiger partial charge in [0.05, 0.1) is 0 Å². The Kier molecular flexibility index (Phi) is 46.2. The molecule has 0 amide bonds. The molecule has 6 nitrogen and oxygen atoms in total. The Balaban J connectivity index is 4.29. The van der Waals surface area contributed by atoms with Gasteiger partial charge in [-0.25, -0.2) is 0 Å². The first kappa shape index (κ1) is 60.4. The zero-order chi connectivity index (χ0) is 45.6. The first-order chi connectivity index (χ1) is 30.2. The third-order valence-electron chi connectivity index (χ3n) is 13.4. The van der Waals surface area contributed by atoms with E-state index >= 15 is 0 Å². The van der Waals surface area contributed by atoms with Crippen molar-refractivity contribution < 1.29 is 28.6 Å². The van der Waals surface area contributed by atoms with Crippen LogP contribution in [0.25, 0.3) is 0 Å². The summed E-state index contributed by atoms with van der Waals surface area (Å²) in [5, 5.41) is 0.